The molecule has 3 fully saturated rings. The molecule has 1 saturated carbocycles. The van der Waals surface area contributed by atoms with Crippen LogP contribution in [0.3, 0.4) is 0 Å². The van der Waals surface area contributed by atoms with Crippen molar-refractivity contribution in [3.05, 3.63) is 35.9 Å². The third-order valence-corrected chi connectivity index (χ3v) is 6.88. The molecule has 4 rings (SSSR count). The first kappa shape index (κ1) is 18.9. The number of nitrogens with one attached hydrogen (secondary N) is 1. The molecule has 4 heteroatoms. The molecular formula is C23H34N2O2. The maximum atomic E-state index is 13.4. The van der Waals surface area contributed by atoms with Crippen LogP contribution in [0.25, 0.3) is 0 Å². The van der Waals surface area contributed by atoms with Gasteiger partial charge in [0.2, 0.25) is 5.91 Å². The molecule has 1 atom stereocenters. The van der Waals surface area contributed by atoms with Gasteiger partial charge in [-0.25, -0.2) is 0 Å². The number of nitrogens with zero attached hydrogens (tertiary/aromatic N) is 1. The lowest BCUT2D eigenvalue weighted by Crippen LogP contribution is -2.52. The Morgan fingerprint density at radius 1 is 1.04 bits per heavy atom. The molecule has 1 N–H and O–H groups in total. The van der Waals surface area contributed by atoms with Crippen molar-refractivity contribution in [3.63, 3.8) is 0 Å². The fourth-order valence-electron chi connectivity index (χ4n) is 5.22. The van der Waals surface area contributed by atoms with E-state index in [1.807, 2.05) is 6.07 Å². The molecular weight excluding hydrogens is 336 g/mol. The van der Waals surface area contributed by atoms with Crippen LogP contribution in [0.2, 0.25) is 0 Å². The molecule has 1 amide bonds. The van der Waals surface area contributed by atoms with Gasteiger partial charge in [0.15, 0.2) is 0 Å². The number of likely N-dealkylation sites (tertiary alicyclic amines) is 1. The summed E-state index contributed by atoms with van der Waals surface area (Å²) in [6.07, 6.45) is 10.5. The zero-order chi connectivity index (χ0) is 18.5. The van der Waals surface area contributed by atoms with E-state index in [0.29, 0.717) is 12.1 Å². The van der Waals surface area contributed by atoms with Crippen LogP contribution in [-0.4, -0.2) is 49.2 Å². The number of carbonyl (C=O) groups excluding carboxylic acids is 1. The third kappa shape index (κ3) is 4.38. The summed E-state index contributed by atoms with van der Waals surface area (Å²) in [5, 5.41) is 3.45. The van der Waals surface area contributed by atoms with Gasteiger partial charge in [-0.2, -0.15) is 0 Å². The molecule has 0 bridgehead atoms. The standard InChI is InChI=1S/C23H34N2O2/c26-22(23(13-5-2-6-14-23)19-8-3-1-4-9-19)24-20-11-15-25(16-12-20)18-21-10-7-17-27-21/h1,3-4,8-9,20-21H,2,5-7,10-18H2,(H,24,26)/t21-/m1/s1. The van der Waals surface area contributed by atoms with E-state index in [4.69, 9.17) is 4.74 Å². The van der Waals surface area contributed by atoms with Crippen LogP contribution >= 0.6 is 0 Å². The first-order valence-electron chi connectivity index (χ1n) is 11.0. The topological polar surface area (TPSA) is 41.6 Å². The molecule has 0 aromatic heterocycles. The number of benzene rings is 1. The Bertz CT molecular complexity index is 598. The molecule has 1 aliphatic carbocycles. The van der Waals surface area contributed by atoms with E-state index in [0.717, 1.165) is 64.8 Å². The summed E-state index contributed by atoms with van der Waals surface area (Å²) >= 11 is 0. The zero-order valence-electron chi connectivity index (χ0n) is 16.5. The van der Waals surface area contributed by atoms with Crippen molar-refractivity contribution in [2.45, 2.75) is 75.3 Å². The lowest BCUT2D eigenvalue weighted by Gasteiger charge is -2.39. The van der Waals surface area contributed by atoms with Crippen molar-refractivity contribution in [2.75, 3.05) is 26.2 Å². The average molecular weight is 371 g/mol. The average Bonchev–Trinajstić information content (AvgIpc) is 3.24. The van der Waals surface area contributed by atoms with E-state index in [1.54, 1.807) is 0 Å². The Balaban J connectivity index is 1.35. The minimum Gasteiger partial charge on any atom is -0.377 e. The lowest BCUT2D eigenvalue weighted by molar-refractivity contribution is -0.129. The predicted octanol–water partition coefficient (Wildman–Crippen LogP) is 3.65. The van der Waals surface area contributed by atoms with Crippen LogP contribution < -0.4 is 5.32 Å². The molecule has 1 aromatic carbocycles. The van der Waals surface area contributed by atoms with Crippen LogP contribution in [0.1, 0.15) is 63.4 Å². The summed E-state index contributed by atoms with van der Waals surface area (Å²) in [6.45, 7) is 4.14. The van der Waals surface area contributed by atoms with Crippen molar-refractivity contribution in [3.8, 4) is 0 Å². The molecule has 148 valence electrons. The summed E-state index contributed by atoms with van der Waals surface area (Å²) in [7, 11) is 0. The van der Waals surface area contributed by atoms with E-state index < -0.39 is 0 Å². The maximum Gasteiger partial charge on any atom is 0.230 e. The molecule has 0 unspecified atom stereocenters. The number of amides is 1. The van der Waals surface area contributed by atoms with E-state index in [1.165, 1.54) is 24.8 Å². The third-order valence-electron chi connectivity index (χ3n) is 6.88. The molecule has 4 nitrogen and oxygen atoms in total. The second-order valence-electron chi connectivity index (χ2n) is 8.69. The van der Waals surface area contributed by atoms with Crippen molar-refractivity contribution < 1.29 is 9.53 Å². The Morgan fingerprint density at radius 3 is 2.44 bits per heavy atom. The summed E-state index contributed by atoms with van der Waals surface area (Å²) in [5.74, 6) is 0.269. The van der Waals surface area contributed by atoms with Crippen molar-refractivity contribution >= 4 is 5.91 Å². The van der Waals surface area contributed by atoms with Crippen LogP contribution in [-0.2, 0) is 14.9 Å². The van der Waals surface area contributed by atoms with Crippen LogP contribution in [0.15, 0.2) is 30.3 Å². The molecule has 27 heavy (non-hydrogen) atoms. The highest BCUT2D eigenvalue weighted by Gasteiger charge is 2.41. The van der Waals surface area contributed by atoms with Crippen LogP contribution in [0, 0.1) is 0 Å². The lowest BCUT2D eigenvalue weighted by atomic mass is 9.68. The van der Waals surface area contributed by atoms with Crippen LogP contribution in [0.5, 0.6) is 0 Å². The van der Waals surface area contributed by atoms with E-state index in [9.17, 15) is 4.79 Å². The van der Waals surface area contributed by atoms with Crippen molar-refractivity contribution in [1.82, 2.24) is 10.2 Å². The molecule has 0 radical (unpaired) electrons. The molecule has 2 aliphatic heterocycles. The predicted molar refractivity (Wildman–Crippen MR) is 108 cm³/mol. The van der Waals surface area contributed by atoms with Gasteiger partial charge in [0.05, 0.1) is 11.5 Å². The number of rotatable bonds is 5. The van der Waals surface area contributed by atoms with Crippen LogP contribution in [0.4, 0.5) is 0 Å². The first-order chi connectivity index (χ1) is 13.3. The van der Waals surface area contributed by atoms with Gasteiger partial charge in [0.1, 0.15) is 0 Å². The Hall–Kier alpha value is -1.39. The smallest absolute Gasteiger partial charge is 0.230 e. The van der Waals surface area contributed by atoms with Gasteiger partial charge in [0, 0.05) is 32.3 Å². The van der Waals surface area contributed by atoms with Gasteiger partial charge in [0.25, 0.3) is 0 Å². The number of piperidine rings is 1. The first-order valence-corrected chi connectivity index (χ1v) is 11.0. The monoisotopic (exact) mass is 370 g/mol. The molecule has 2 saturated heterocycles. The number of hydrogen-bond donors (Lipinski definition) is 1. The molecule has 2 heterocycles. The Labute approximate surface area is 163 Å². The minimum absolute atomic E-state index is 0.269. The van der Waals surface area contributed by atoms with Gasteiger partial charge in [-0.1, -0.05) is 49.6 Å². The summed E-state index contributed by atoms with van der Waals surface area (Å²) in [5.41, 5.74) is 0.895. The number of carbonyl (C=O) groups is 1. The van der Waals surface area contributed by atoms with Gasteiger partial charge in [-0.3, -0.25) is 4.79 Å². The SMILES string of the molecule is O=C(NC1CCN(C[C@H]2CCCO2)CC1)C1(c2ccccc2)CCCCC1. The number of ether oxygens (including phenoxy) is 1. The normalized spacial score (nSPS) is 26.7. The summed E-state index contributed by atoms with van der Waals surface area (Å²) in [6, 6.07) is 10.8. The van der Waals surface area contributed by atoms with Gasteiger partial charge in [-0.05, 0) is 44.1 Å². The zero-order valence-corrected chi connectivity index (χ0v) is 16.5. The highest BCUT2D eigenvalue weighted by atomic mass is 16.5. The fourth-order valence-corrected chi connectivity index (χ4v) is 5.22. The van der Waals surface area contributed by atoms with Crippen molar-refractivity contribution in [2.24, 2.45) is 0 Å². The van der Waals surface area contributed by atoms with Gasteiger partial charge in [-0.15, -0.1) is 0 Å². The van der Waals surface area contributed by atoms with Gasteiger partial charge >= 0.3 is 0 Å². The van der Waals surface area contributed by atoms with E-state index in [2.05, 4.69) is 34.5 Å². The molecule has 0 spiro atoms. The van der Waals surface area contributed by atoms with E-state index >= 15 is 0 Å². The minimum atomic E-state index is -0.311. The number of hydrogen-bond acceptors (Lipinski definition) is 3. The highest BCUT2D eigenvalue weighted by molar-refractivity contribution is 5.88. The Morgan fingerprint density at radius 2 is 1.78 bits per heavy atom. The second kappa shape index (κ2) is 8.74. The second-order valence-corrected chi connectivity index (χ2v) is 8.69. The molecule has 1 aromatic rings. The highest BCUT2D eigenvalue weighted by Crippen LogP contribution is 2.40. The summed E-state index contributed by atoms with van der Waals surface area (Å²) in [4.78, 5) is 15.9. The largest absolute Gasteiger partial charge is 0.377 e. The maximum absolute atomic E-state index is 13.4. The molecule has 3 aliphatic rings. The fraction of sp³-hybridized carbons (Fsp3) is 0.696. The van der Waals surface area contributed by atoms with Gasteiger partial charge < -0.3 is 15.0 Å². The Kier molecular flexibility index (Phi) is 6.14. The van der Waals surface area contributed by atoms with E-state index in [-0.39, 0.29) is 11.3 Å². The van der Waals surface area contributed by atoms with Crippen molar-refractivity contribution in [1.29, 1.82) is 0 Å². The summed E-state index contributed by atoms with van der Waals surface area (Å²) < 4.78 is 5.78. The quantitative estimate of drug-likeness (QED) is 0.860.